The molecule has 3 rings (SSSR count). The van der Waals surface area contributed by atoms with Crippen LogP contribution in [-0.2, 0) is 0 Å². The van der Waals surface area contributed by atoms with E-state index in [1.807, 2.05) is 12.1 Å². The zero-order valence-electron chi connectivity index (χ0n) is 13.9. The molecule has 0 aromatic heterocycles. The number of nitrogens with one attached hydrogen (secondary N) is 1. The van der Waals surface area contributed by atoms with E-state index in [1.165, 1.54) is 32.1 Å². The maximum absolute atomic E-state index is 10.7. The van der Waals surface area contributed by atoms with Crippen molar-refractivity contribution in [2.24, 2.45) is 5.92 Å². The Hall–Kier alpha value is -0.780. The molecule has 1 aliphatic carbocycles. The van der Waals surface area contributed by atoms with Crippen LogP contribution in [0.2, 0.25) is 0 Å². The number of ether oxygens (including phenoxy) is 1. The van der Waals surface area contributed by atoms with Gasteiger partial charge in [-0.25, -0.2) is 0 Å². The van der Waals surface area contributed by atoms with Crippen molar-refractivity contribution in [3.05, 3.63) is 22.2 Å². The molecule has 1 heterocycles. The van der Waals surface area contributed by atoms with Crippen molar-refractivity contribution in [1.29, 1.82) is 0 Å². The number of benzene rings is 1. The maximum Gasteiger partial charge on any atom is 0.134 e. The molecule has 5 heteroatoms. The van der Waals surface area contributed by atoms with E-state index in [2.05, 4.69) is 26.1 Å². The van der Waals surface area contributed by atoms with Crippen LogP contribution in [0.25, 0.3) is 0 Å². The van der Waals surface area contributed by atoms with Crippen LogP contribution in [0.15, 0.2) is 16.6 Å². The molecule has 2 N–H and O–H groups in total. The van der Waals surface area contributed by atoms with Gasteiger partial charge in [-0.05, 0) is 46.8 Å². The van der Waals surface area contributed by atoms with E-state index in [0.717, 1.165) is 42.0 Å². The average Bonchev–Trinajstić information content (AvgIpc) is 2.60. The summed E-state index contributed by atoms with van der Waals surface area (Å²) < 4.78 is 6.17. The first-order valence-corrected chi connectivity index (χ1v) is 9.51. The van der Waals surface area contributed by atoms with E-state index < -0.39 is 0 Å². The first-order chi connectivity index (χ1) is 11.2. The molecule has 2 aliphatic rings. The van der Waals surface area contributed by atoms with Gasteiger partial charge in [-0.15, -0.1) is 0 Å². The normalized spacial score (nSPS) is 22.0. The van der Waals surface area contributed by atoms with Crippen LogP contribution >= 0.6 is 15.9 Å². The fourth-order valence-corrected chi connectivity index (χ4v) is 4.55. The Bertz CT molecular complexity index is 508. The van der Waals surface area contributed by atoms with Gasteiger partial charge in [-0.2, -0.15) is 0 Å². The third kappa shape index (κ3) is 3.83. The molecule has 2 fully saturated rings. The number of aromatic hydroxyl groups is 1. The number of rotatable bonds is 4. The highest BCUT2D eigenvalue weighted by Gasteiger charge is 2.33. The summed E-state index contributed by atoms with van der Waals surface area (Å²) in [5, 5.41) is 14.1. The Morgan fingerprint density at radius 3 is 2.57 bits per heavy atom. The largest absolute Gasteiger partial charge is 0.506 e. The first kappa shape index (κ1) is 17.1. The van der Waals surface area contributed by atoms with Gasteiger partial charge in [0.05, 0.1) is 11.6 Å². The van der Waals surface area contributed by atoms with Crippen molar-refractivity contribution < 1.29 is 9.84 Å². The minimum Gasteiger partial charge on any atom is -0.506 e. The molecule has 1 saturated heterocycles. The van der Waals surface area contributed by atoms with Gasteiger partial charge in [0.15, 0.2) is 0 Å². The van der Waals surface area contributed by atoms with Gasteiger partial charge in [-0.3, -0.25) is 4.90 Å². The zero-order valence-corrected chi connectivity index (χ0v) is 15.4. The summed E-state index contributed by atoms with van der Waals surface area (Å²) in [5.74, 6) is 1.80. The van der Waals surface area contributed by atoms with Gasteiger partial charge in [0.1, 0.15) is 11.5 Å². The van der Waals surface area contributed by atoms with E-state index in [0.29, 0.717) is 11.7 Å². The van der Waals surface area contributed by atoms with Crippen LogP contribution in [0.4, 0.5) is 0 Å². The highest BCUT2D eigenvalue weighted by Crippen LogP contribution is 2.45. The van der Waals surface area contributed by atoms with E-state index in [9.17, 15) is 5.11 Å². The lowest BCUT2D eigenvalue weighted by Crippen LogP contribution is -2.47. The minimum absolute atomic E-state index is 0.281. The summed E-state index contributed by atoms with van der Waals surface area (Å²) >= 11 is 3.49. The van der Waals surface area contributed by atoms with Gasteiger partial charge < -0.3 is 15.2 Å². The summed E-state index contributed by atoms with van der Waals surface area (Å²) in [6.07, 6.45) is 6.46. The quantitative estimate of drug-likeness (QED) is 0.833. The third-order valence-corrected chi connectivity index (χ3v) is 5.87. The molecule has 23 heavy (non-hydrogen) atoms. The Morgan fingerprint density at radius 2 is 1.91 bits per heavy atom. The molecular formula is C18H27BrN2O2. The molecule has 0 radical (unpaired) electrons. The molecular weight excluding hydrogens is 356 g/mol. The van der Waals surface area contributed by atoms with Crippen molar-refractivity contribution in [1.82, 2.24) is 10.2 Å². The fourth-order valence-electron chi connectivity index (χ4n) is 4.10. The molecule has 0 amide bonds. The summed E-state index contributed by atoms with van der Waals surface area (Å²) in [6.45, 7) is 4.12. The second-order valence-corrected chi connectivity index (χ2v) is 7.53. The topological polar surface area (TPSA) is 44.7 Å². The molecule has 128 valence electrons. The fraction of sp³-hybridized carbons (Fsp3) is 0.667. The Balaban J connectivity index is 1.98. The minimum atomic E-state index is 0.281. The predicted octanol–water partition coefficient (Wildman–Crippen LogP) is 3.69. The van der Waals surface area contributed by atoms with Crippen LogP contribution in [0.5, 0.6) is 11.5 Å². The van der Waals surface area contributed by atoms with Gasteiger partial charge in [0.2, 0.25) is 0 Å². The summed E-state index contributed by atoms with van der Waals surface area (Å²) in [6, 6.07) is 4.15. The zero-order chi connectivity index (χ0) is 16.2. The Labute approximate surface area is 147 Å². The SMILES string of the molecule is COc1cc(Br)c(O)c([C@H](C2CCCCC2)N2CCNCC2)c1. The number of hydrogen-bond acceptors (Lipinski definition) is 4. The highest BCUT2D eigenvalue weighted by molar-refractivity contribution is 9.10. The molecule has 4 nitrogen and oxygen atoms in total. The standard InChI is InChI=1S/C18H27BrN2O2/c1-23-14-11-15(18(22)16(19)12-14)17(13-5-3-2-4-6-13)21-9-7-20-8-10-21/h11-13,17,20,22H,2-10H2,1H3/t17-/m0/s1. The Morgan fingerprint density at radius 1 is 1.22 bits per heavy atom. The monoisotopic (exact) mass is 382 g/mol. The van der Waals surface area contributed by atoms with Crippen molar-refractivity contribution in [2.75, 3.05) is 33.3 Å². The second-order valence-electron chi connectivity index (χ2n) is 6.68. The molecule has 0 unspecified atom stereocenters. The van der Waals surface area contributed by atoms with Gasteiger partial charge in [-0.1, -0.05) is 19.3 Å². The van der Waals surface area contributed by atoms with Crippen LogP contribution in [-0.4, -0.2) is 43.3 Å². The van der Waals surface area contributed by atoms with Crippen LogP contribution in [0.3, 0.4) is 0 Å². The molecule has 0 spiro atoms. The van der Waals surface area contributed by atoms with Crippen LogP contribution in [0.1, 0.15) is 43.7 Å². The number of phenols is 1. The number of phenolic OH excluding ortho intramolecular Hbond substituents is 1. The number of nitrogens with zero attached hydrogens (tertiary/aromatic N) is 1. The first-order valence-electron chi connectivity index (χ1n) is 8.72. The van der Waals surface area contributed by atoms with Crippen LogP contribution in [0, 0.1) is 5.92 Å². The van der Waals surface area contributed by atoms with Gasteiger partial charge in [0, 0.05) is 37.8 Å². The average molecular weight is 383 g/mol. The summed E-state index contributed by atoms with van der Waals surface area (Å²) in [5.41, 5.74) is 1.02. The molecule has 1 aromatic rings. The third-order valence-electron chi connectivity index (χ3n) is 5.26. The number of halogens is 1. The molecule has 1 aliphatic heterocycles. The van der Waals surface area contributed by atoms with Gasteiger partial charge in [0.25, 0.3) is 0 Å². The lowest BCUT2D eigenvalue weighted by Gasteiger charge is -2.41. The highest BCUT2D eigenvalue weighted by atomic mass is 79.9. The van der Waals surface area contributed by atoms with E-state index in [4.69, 9.17) is 4.74 Å². The van der Waals surface area contributed by atoms with E-state index in [-0.39, 0.29) is 6.04 Å². The van der Waals surface area contributed by atoms with Crippen molar-refractivity contribution in [3.63, 3.8) is 0 Å². The number of methoxy groups -OCH3 is 1. The van der Waals surface area contributed by atoms with Crippen molar-refractivity contribution in [3.8, 4) is 11.5 Å². The summed E-state index contributed by atoms with van der Waals surface area (Å²) in [7, 11) is 1.68. The molecule has 1 aromatic carbocycles. The molecule has 1 atom stereocenters. The van der Waals surface area contributed by atoms with Gasteiger partial charge >= 0.3 is 0 Å². The molecule has 0 bridgehead atoms. The van der Waals surface area contributed by atoms with E-state index >= 15 is 0 Å². The second kappa shape index (κ2) is 7.86. The molecule has 1 saturated carbocycles. The smallest absolute Gasteiger partial charge is 0.134 e. The predicted molar refractivity (Wildman–Crippen MR) is 96.1 cm³/mol. The maximum atomic E-state index is 10.7. The Kier molecular flexibility index (Phi) is 5.83. The van der Waals surface area contributed by atoms with Crippen molar-refractivity contribution in [2.45, 2.75) is 38.1 Å². The number of piperazine rings is 1. The van der Waals surface area contributed by atoms with E-state index in [1.54, 1.807) is 7.11 Å². The van der Waals surface area contributed by atoms with Crippen molar-refractivity contribution >= 4 is 15.9 Å². The van der Waals surface area contributed by atoms with Crippen LogP contribution < -0.4 is 10.1 Å². The number of hydrogen-bond donors (Lipinski definition) is 2. The summed E-state index contributed by atoms with van der Waals surface area (Å²) in [4.78, 5) is 2.55. The lowest BCUT2D eigenvalue weighted by atomic mass is 9.80. The lowest BCUT2D eigenvalue weighted by molar-refractivity contribution is 0.101.